The molecule has 0 radical (unpaired) electrons. The minimum absolute atomic E-state index is 0.333. The zero-order chi connectivity index (χ0) is 8.69. The quantitative estimate of drug-likeness (QED) is 0.621. The van der Waals surface area contributed by atoms with E-state index in [1.165, 1.54) is 0 Å². The molecule has 0 heterocycles. The third-order valence-electron chi connectivity index (χ3n) is 1.72. The van der Waals surface area contributed by atoms with Crippen molar-refractivity contribution in [2.75, 3.05) is 12.3 Å². The fraction of sp³-hybridized carbons (Fsp3) is 1.00. The zero-order valence-corrected chi connectivity index (χ0v) is 8.32. The molecular weight excluding hydrogens is 158 g/mol. The van der Waals surface area contributed by atoms with Gasteiger partial charge in [-0.1, -0.05) is 25.0 Å². The molecule has 0 bridgehead atoms. The molecule has 0 aromatic heterocycles. The van der Waals surface area contributed by atoms with Gasteiger partial charge in [0.1, 0.15) is 11.0 Å². The summed E-state index contributed by atoms with van der Waals surface area (Å²) in [4.78, 5) is 0. The molecule has 2 N–H and O–H groups in total. The maximum absolute atomic E-state index is 11.4. The Balaban J connectivity index is 3.61. The largest absolute Gasteiger partial charge is 0.616 e. The summed E-state index contributed by atoms with van der Waals surface area (Å²) in [5, 5.41) is 0.333. The Morgan fingerprint density at radius 1 is 1.45 bits per heavy atom. The molecule has 1 unspecified atom stereocenters. The summed E-state index contributed by atoms with van der Waals surface area (Å²) in [6.07, 6.45) is 2.90. The van der Waals surface area contributed by atoms with Crippen LogP contribution in [0, 0.1) is 0 Å². The summed E-state index contributed by atoms with van der Waals surface area (Å²) < 4.78 is 11.4. The summed E-state index contributed by atoms with van der Waals surface area (Å²) in [5.74, 6) is 0.832. The van der Waals surface area contributed by atoms with E-state index in [-0.39, 0.29) is 0 Å². The lowest BCUT2D eigenvalue weighted by Gasteiger charge is -2.19. The van der Waals surface area contributed by atoms with E-state index >= 15 is 0 Å². The van der Waals surface area contributed by atoms with Gasteiger partial charge in [0.05, 0.1) is 0 Å². The van der Waals surface area contributed by atoms with Crippen LogP contribution in [0.25, 0.3) is 0 Å². The van der Waals surface area contributed by atoms with Gasteiger partial charge in [0.2, 0.25) is 0 Å². The Bertz CT molecular complexity index is 90.2. The minimum atomic E-state index is -0.638. The molecule has 3 heteroatoms. The molecule has 0 spiro atoms. The van der Waals surface area contributed by atoms with Gasteiger partial charge in [0.25, 0.3) is 0 Å². The Labute approximate surface area is 72.7 Å². The summed E-state index contributed by atoms with van der Waals surface area (Å²) in [6.45, 7) is 4.80. The molecule has 0 aliphatic heterocycles. The second-order valence-corrected chi connectivity index (χ2v) is 4.53. The van der Waals surface area contributed by atoms with E-state index < -0.39 is 11.2 Å². The molecule has 0 saturated carbocycles. The van der Waals surface area contributed by atoms with Crippen molar-refractivity contribution in [1.29, 1.82) is 0 Å². The first-order chi connectivity index (χ1) is 5.26. The van der Waals surface area contributed by atoms with Gasteiger partial charge < -0.3 is 10.3 Å². The van der Waals surface area contributed by atoms with Gasteiger partial charge in [-0.05, 0) is 19.4 Å². The molecule has 0 saturated heterocycles. The van der Waals surface area contributed by atoms with Crippen LogP contribution in [0.15, 0.2) is 0 Å². The smallest absolute Gasteiger partial charge is 0.116 e. The maximum atomic E-state index is 11.4. The van der Waals surface area contributed by atoms with Crippen molar-refractivity contribution >= 4 is 11.2 Å². The van der Waals surface area contributed by atoms with Crippen LogP contribution >= 0.6 is 0 Å². The van der Waals surface area contributed by atoms with Crippen molar-refractivity contribution in [3.63, 3.8) is 0 Å². The fourth-order valence-electron chi connectivity index (χ4n) is 1.08. The van der Waals surface area contributed by atoms with Crippen LogP contribution < -0.4 is 5.73 Å². The average Bonchev–Trinajstić information content (AvgIpc) is 2.00. The number of nitrogens with two attached hydrogens (primary N) is 1. The fourth-order valence-corrected chi connectivity index (χ4v) is 2.58. The molecule has 68 valence electrons. The van der Waals surface area contributed by atoms with Gasteiger partial charge in [-0.15, -0.1) is 0 Å². The summed E-state index contributed by atoms with van der Waals surface area (Å²) in [5.41, 5.74) is 5.40. The van der Waals surface area contributed by atoms with E-state index in [1.807, 2.05) is 0 Å². The highest BCUT2D eigenvalue weighted by Crippen LogP contribution is 2.11. The molecule has 2 nitrogen and oxygen atoms in total. The van der Waals surface area contributed by atoms with Gasteiger partial charge in [0.15, 0.2) is 0 Å². The predicted molar refractivity (Wildman–Crippen MR) is 51.1 cm³/mol. The third-order valence-corrected chi connectivity index (χ3v) is 3.84. The lowest BCUT2D eigenvalue weighted by Crippen LogP contribution is -2.25. The van der Waals surface area contributed by atoms with Crippen LogP contribution in [-0.2, 0) is 11.2 Å². The van der Waals surface area contributed by atoms with Crippen molar-refractivity contribution in [3.05, 3.63) is 0 Å². The highest BCUT2D eigenvalue weighted by Gasteiger charge is 2.17. The normalized spacial score (nSPS) is 16.4. The molecule has 0 fully saturated rings. The average molecular weight is 177 g/mol. The van der Waals surface area contributed by atoms with Crippen LogP contribution in [0.2, 0.25) is 0 Å². The van der Waals surface area contributed by atoms with Crippen molar-refractivity contribution < 1.29 is 4.55 Å². The Morgan fingerprint density at radius 3 is 2.45 bits per heavy atom. The van der Waals surface area contributed by atoms with Gasteiger partial charge >= 0.3 is 0 Å². The standard InChI is InChI=1S/C8H19NOS/c1-3-7-11(10)8(4-2)5-6-9/h8H,3-7,9H2,1-2H3/t8-,11?/m0/s1. The van der Waals surface area contributed by atoms with E-state index in [9.17, 15) is 4.55 Å². The molecule has 0 aliphatic carbocycles. The third kappa shape index (κ3) is 4.67. The monoisotopic (exact) mass is 177 g/mol. The van der Waals surface area contributed by atoms with Gasteiger partial charge in [-0.3, -0.25) is 0 Å². The Kier molecular flexibility index (Phi) is 7.12. The molecule has 0 rings (SSSR count). The lowest BCUT2D eigenvalue weighted by molar-refractivity contribution is 0.565. The number of hydrogen-bond acceptors (Lipinski definition) is 2. The molecule has 11 heavy (non-hydrogen) atoms. The lowest BCUT2D eigenvalue weighted by atomic mass is 10.2. The first-order valence-corrected chi connectivity index (χ1v) is 5.71. The van der Waals surface area contributed by atoms with Gasteiger partial charge in [-0.25, -0.2) is 0 Å². The molecule has 0 aliphatic rings. The second kappa shape index (κ2) is 6.95. The summed E-state index contributed by atoms with van der Waals surface area (Å²) >= 11 is -0.638. The first-order valence-electron chi connectivity index (χ1n) is 4.33. The summed E-state index contributed by atoms with van der Waals surface area (Å²) in [7, 11) is 0. The zero-order valence-electron chi connectivity index (χ0n) is 7.51. The van der Waals surface area contributed by atoms with Crippen molar-refractivity contribution in [2.24, 2.45) is 5.73 Å². The van der Waals surface area contributed by atoms with Crippen LogP contribution in [0.5, 0.6) is 0 Å². The number of rotatable bonds is 6. The van der Waals surface area contributed by atoms with E-state index in [4.69, 9.17) is 5.73 Å². The minimum Gasteiger partial charge on any atom is -0.616 e. The highest BCUT2D eigenvalue weighted by atomic mass is 32.2. The van der Waals surface area contributed by atoms with E-state index in [1.54, 1.807) is 0 Å². The molecule has 0 amide bonds. The predicted octanol–water partition coefficient (Wildman–Crippen LogP) is 1.27. The van der Waals surface area contributed by atoms with E-state index in [2.05, 4.69) is 13.8 Å². The molecule has 0 aromatic carbocycles. The van der Waals surface area contributed by atoms with Crippen molar-refractivity contribution in [1.82, 2.24) is 0 Å². The van der Waals surface area contributed by atoms with E-state index in [0.29, 0.717) is 11.8 Å². The van der Waals surface area contributed by atoms with Crippen LogP contribution in [0.1, 0.15) is 33.1 Å². The first kappa shape index (κ1) is 11.3. The van der Waals surface area contributed by atoms with Crippen LogP contribution in [-0.4, -0.2) is 22.1 Å². The van der Waals surface area contributed by atoms with Gasteiger partial charge in [-0.2, -0.15) is 0 Å². The van der Waals surface area contributed by atoms with Crippen LogP contribution in [0.4, 0.5) is 0 Å². The molecule has 2 atom stereocenters. The van der Waals surface area contributed by atoms with Gasteiger partial charge in [0, 0.05) is 6.42 Å². The van der Waals surface area contributed by atoms with Crippen molar-refractivity contribution in [2.45, 2.75) is 38.4 Å². The topological polar surface area (TPSA) is 49.1 Å². The Hall–Kier alpha value is 0.270. The molecule has 0 aromatic rings. The molecular formula is C8H19NOS. The SMILES string of the molecule is CCC[S+]([O-])[C@@H](CC)CCN. The van der Waals surface area contributed by atoms with E-state index in [0.717, 1.165) is 25.0 Å². The summed E-state index contributed by atoms with van der Waals surface area (Å²) in [6, 6.07) is 0. The number of hydrogen-bond donors (Lipinski definition) is 1. The second-order valence-electron chi connectivity index (χ2n) is 2.69. The Morgan fingerprint density at radius 2 is 2.09 bits per heavy atom. The maximum Gasteiger partial charge on any atom is 0.116 e. The van der Waals surface area contributed by atoms with Crippen LogP contribution in [0.3, 0.4) is 0 Å². The highest BCUT2D eigenvalue weighted by molar-refractivity contribution is 7.92. The van der Waals surface area contributed by atoms with Crippen molar-refractivity contribution in [3.8, 4) is 0 Å².